The number of hydrogen-bond acceptors (Lipinski definition) is 6. The van der Waals surface area contributed by atoms with Gasteiger partial charge in [-0.15, -0.1) is 0 Å². The fraction of sp³-hybridized carbons (Fsp3) is 0.368. The minimum atomic E-state index is -4.45. The highest BCUT2D eigenvalue weighted by atomic mass is 19.4. The number of hydrogen-bond donors (Lipinski definition) is 1. The molecule has 158 valence electrons. The number of aromatic nitrogens is 4. The lowest BCUT2D eigenvalue weighted by Crippen LogP contribution is -2.49. The van der Waals surface area contributed by atoms with Crippen LogP contribution in [0.2, 0.25) is 0 Å². The largest absolute Gasteiger partial charge is 0.416 e. The Balaban J connectivity index is 1.34. The Labute approximate surface area is 170 Å². The van der Waals surface area contributed by atoms with Gasteiger partial charge in [-0.2, -0.15) is 18.3 Å². The molecule has 0 spiro atoms. The molecule has 0 atom stereocenters. The predicted molar refractivity (Wildman–Crippen MR) is 105 cm³/mol. The number of carbonyl (C=O) groups excluding carboxylic acids is 1. The molecule has 4 rings (SSSR count). The van der Waals surface area contributed by atoms with Crippen molar-refractivity contribution in [2.45, 2.75) is 6.18 Å². The minimum absolute atomic E-state index is 0.107. The molecule has 1 saturated heterocycles. The Kier molecular flexibility index (Phi) is 5.29. The zero-order valence-electron chi connectivity index (χ0n) is 16.2. The average molecular weight is 419 g/mol. The van der Waals surface area contributed by atoms with Crippen LogP contribution < -0.4 is 10.2 Å². The van der Waals surface area contributed by atoms with Crippen molar-refractivity contribution in [3.8, 4) is 0 Å². The first kappa shape index (κ1) is 20.1. The van der Waals surface area contributed by atoms with E-state index >= 15 is 0 Å². The lowest BCUT2D eigenvalue weighted by Gasteiger charge is -2.35. The predicted octanol–water partition coefficient (Wildman–Crippen LogP) is 2.14. The summed E-state index contributed by atoms with van der Waals surface area (Å²) in [6.07, 6.45) is -1.20. The third-order valence-corrected chi connectivity index (χ3v) is 5.02. The molecular weight excluding hydrogens is 399 g/mol. The number of carbonyl (C=O) groups is 1. The molecule has 30 heavy (non-hydrogen) atoms. The number of halogens is 3. The summed E-state index contributed by atoms with van der Waals surface area (Å²) >= 11 is 0. The molecule has 1 N–H and O–H groups in total. The number of anilines is 2. The molecular formula is C19H20F3N7O. The molecule has 1 fully saturated rings. The van der Waals surface area contributed by atoms with Gasteiger partial charge in [0.25, 0.3) is 0 Å². The van der Waals surface area contributed by atoms with Crippen molar-refractivity contribution in [1.29, 1.82) is 0 Å². The number of piperazine rings is 1. The Hall–Kier alpha value is -3.21. The summed E-state index contributed by atoms with van der Waals surface area (Å²) < 4.78 is 40.1. The maximum Gasteiger partial charge on any atom is 0.416 e. The van der Waals surface area contributed by atoms with Gasteiger partial charge in [0.1, 0.15) is 12.1 Å². The van der Waals surface area contributed by atoms with Gasteiger partial charge in [0.15, 0.2) is 5.65 Å². The van der Waals surface area contributed by atoms with Crippen LogP contribution in [0.15, 0.2) is 36.8 Å². The molecule has 0 bridgehead atoms. The van der Waals surface area contributed by atoms with Crippen molar-refractivity contribution < 1.29 is 18.0 Å². The van der Waals surface area contributed by atoms with Crippen molar-refractivity contribution in [2.75, 3.05) is 42.9 Å². The summed E-state index contributed by atoms with van der Waals surface area (Å²) in [5, 5.41) is 7.64. The van der Waals surface area contributed by atoms with Crippen molar-refractivity contribution in [3.63, 3.8) is 0 Å². The van der Waals surface area contributed by atoms with Gasteiger partial charge < -0.3 is 10.2 Å². The van der Waals surface area contributed by atoms with Crippen LogP contribution in [0, 0.1) is 0 Å². The topological polar surface area (TPSA) is 79.2 Å². The second kappa shape index (κ2) is 7.90. The van der Waals surface area contributed by atoms with Crippen LogP contribution in [0.3, 0.4) is 0 Å². The van der Waals surface area contributed by atoms with E-state index in [1.165, 1.54) is 18.5 Å². The van der Waals surface area contributed by atoms with E-state index in [2.05, 4.69) is 25.3 Å². The van der Waals surface area contributed by atoms with E-state index in [-0.39, 0.29) is 18.1 Å². The van der Waals surface area contributed by atoms with Crippen LogP contribution in [0.5, 0.6) is 0 Å². The summed E-state index contributed by atoms with van der Waals surface area (Å²) in [5.41, 5.74) is 0.0943. The van der Waals surface area contributed by atoms with E-state index in [1.807, 2.05) is 11.9 Å². The Morgan fingerprint density at radius 3 is 2.67 bits per heavy atom. The number of aryl methyl sites for hydroxylation is 1. The van der Waals surface area contributed by atoms with Crippen LogP contribution in [0.1, 0.15) is 5.56 Å². The molecule has 1 amide bonds. The molecule has 0 radical (unpaired) electrons. The maximum atomic E-state index is 12.8. The molecule has 1 aliphatic rings. The van der Waals surface area contributed by atoms with Crippen LogP contribution in [0.25, 0.3) is 11.0 Å². The van der Waals surface area contributed by atoms with Crippen molar-refractivity contribution in [3.05, 3.63) is 42.4 Å². The number of alkyl halides is 3. The molecule has 11 heteroatoms. The average Bonchev–Trinajstić information content (AvgIpc) is 3.09. The van der Waals surface area contributed by atoms with Gasteiger partial charge >= 0.3 is 6.18 Å². The van der Waals surface area contributed by atoms with E-state index in [4.69, 9.17) is 0 Å². The van der Waals surface area contributed by atoms with E-state index in [0.29, 0.717) is 26.2 Å². The second-order valence-electron chi connectivity index (χ2n) is 7.09. The second-order valence-corrected chi connectivity index (χ2v) is 7.09. The van der Waals surface area contributed by atoms with Crippen molar-refractivity contribution in [2.24, 2.45) is 7.05 Å². The van der Waals surface area contributed by atoms with Gasteiger partial charge in [-0.1, -0.05) is 6.07 Å². The lowest BCUT2D eigenvalue weighted by atomic mass is 10.2. The number of nitrogens with one attached hydrogen (secondary N) is 1. The fourth-order valence-electron chi connectivity index (χ4n) is 3.50. The number of rotatable bonds is 4. The Bertz CT molecular complexity index is 1060. The number of amides is 1. The third-order valence-electron chi connectivity index (χ3n) is 5.02. The number of nitrogens with zero attached hydrogens (tertiary/aromatic N) is 6. The fourth-order valence-corrected chi connectivity index (χ4v) is 3.50. The molecule has 8 nitrogen and oxygen atoms in total. The first-order chi connectivity index (χ1) is 14.3. The molecule has 1 aliphatic heterocycles. The summed E-state index contributed by atoms with van der Waals surface area (Å²) in [6, 6.07) is 4.63. The monoisotopic (exact) mass is 419 g/mol. The summed E-state index contributed by atoms with van der Waals surface area (Å²) in [5.74, 6) is 0.459. The van der Waals surface area contributed by atoms with E-state index < -0.39 is 11.7 Å². The Morgan fingerprint density at radius 2 is 1.93 bits per heavy atom. The standard InChI is InChI=1S/C19H20F3N7O/c1-27-17-15(10-25-27)18(24-12-23-17)29-7-5-28(6-8-29)11-16(30)26-14-4-2-3-13(9-14)19(20,21)22/h2-4,9-10,12H,5-8,11H2,1H3,(H,26,30). The van der Waals surface area contributed by atoms with E-state index in [0.717, 1.165) is 29.0 Å². The van der Waals surface area contributed by atoms with Gasteiger partial charge in [0, 0.05) is 38.9 Å². The van der Waals surface area contributed by atoms with E-state index in [9.17, 15) is 18.0 Å². The van der Waals surface area contributed by atoms with Gasteiger partial charge in [-0.25, -0.2) is 9.97 Å². The molecule has 2 aromatic heterocycles. The first-order valence-electron chi connectivity index (χ1n) is 9.38. The lowest BCUT2D eigenvalue weighted by molar-refractivity contribution is -0.137. The van der Waals surface area contributed by atoms with E-state index in [1.54, 1.807) is 10.9 Å². The summed E-state index contributed by atoms with van der Waals surface area (Å²) in [6.45, 7) is 2.69. The molecule has 0 unspecified atom stereocenters. The van der Waals surface area contributed by atoms with Gasteiger partial charge in [0.05, 0.1) is 23.7 Å². The number of benzene rings is 1. The molecule has 3 aromatic rings. The zero-order chi connectivity index (χ0) is 21.3. The molecule has 1 aromatic carbocycles. The summed E-state index contributed by atoms with van der Waals surface area (Å²) in [4.78, 5) is 25.0. The van der Waals surface area contributed by atoms with Crippen molar-refractivity contribution in [1.82, 2.24) is 24.6 Å². The minimum Gasteiger partial charge on any atom is -0.353 e. The zero-order valence-corrected chi connectivity index (χ0v) is 16.2. The van der Waals surface area contributed by atoms with Gasteiger partial charge in [-0.05, 0) is 18.2 Å². The highest BCUT2D eigenvalue weighted by molar-refractivity contribution is 5.92. The van der Waals surface area contributed by atoms with Crippen LogP contribution in [-0.4, -0.2) is 63.3 Å². The highest BCUT2D eigenvalue weighted by Crippen LogP contribution is 2.30. The third kappa shape index (κ3) is 4.20. The smallest absolute Gasteiger partial charge is 0.353 e. The van der Waals surface area contributed by atoms with Crippen molar-refractivity contribution >= 4 is 28.4 Å². The van der Waals surface area contributed by atoms with Gasteiger partial charge in [-0.3, -0.25) is 14.4 Å². The highest BCUT2D eigenvalue weighted by Gasteiger charge is 2.30. The van der Waals surface area contributed by atoms with Crippen LogP contribution in [-0.2, 0) is 18.0 Å². The maximum absolute atomic E-state index is 12.8. The molecule has 0 aliphatic carbocycles. The normalized spacial score (nSPS) is 15.5. The quantitative estimate of drug-likeness (QED) is 0.698. The SMILES string of the molecule is Cn1ncc2c(N3CCN(CC(=O)Nc4cccc(C(F)(F)F)c4)CC3)ncnc21. The Morgan fingerprint density at radius 1 is 1.17 bits per heavy atom. The van der Waals surface area contributed by atoms with Crippen LogP contribution in [0.4, 0.5) is 24.7 Å². The number of fused-ring (bicyclic) bond motifs is 1. The van der Waals surface area contributed by atoms with Crippen LogP contribution >= 0.6 is 0 Å². The van der Waals surface area contributed by atoms with Gasteiger partial charge in [0.2, 0.25) is 5.91 Å². The first-order valence-corrected chi connectivity index (χ1v) is 9.38. The molecule has 3 heterocycles. The summed E-state index contributed by atoms with van der Waals surface area (Å²) in [7, 11) is 1.82. The molecule has 0 saturated carbocycles.